The fraction of sp³-hybridized carbons (Fsp3) is 0. The molecule has 12 rings (SSSR count). The van der Waals surface area contributed by atoms with E-state index in [0.717, 1.165) is 49.2 Å². The maximum Gasteiger partial charge on any atom is 0.0998 e. The monoisotopic (exact) mass is 1010 g/mol. The van der Waals surface area contributed by atoms with Crippen LogP contribution in [0.25, 0.3) is 111 Å². The minimum absolute atomic E-state index is 0.320. The van der Waals surface area contributed by atoms with Crippen LogP contribution in [0.5, 0.6) is 0 Å². The van der Waals surface area contributed by atoms with Crippen molar-refractivity contribution >= 4 is 43.6 Å². The van der Waals surface area contributed by atoms with Gasteiger partial charge in [-0.3, -0.25) is 4.98 Å². The van der Waals surface area contributed by atoms with Gasteiger partial charge in [0.05, 0.1) is 138 Å². The SMILES string of the molecule is N#Cc1ccc(-c2ccc3c(c2)c2cc(-c4ccc(C#N)cc4C#N)ccc2n3-c2cc(C#N)c(-c3ccncc3)cc2-n2c3ccc(-c4ccc(C#N)cc4C#N)cc3c3cc(-c4ccc(C#N)cc4C#N)ccc32)c(C#N)c1. The molecule has 362 valence electrons. The first-order valence-corrected chi connectivity index (χ1v) is 24.7. The van der Waals surface area contributed by atoms with Gasteiger partial charge < -0.3 is 9.13 Å². The summed E-state index contributed by atoms with van der Waals surface area (Å²) in [6.45, 7) is 0. The highest BCUT2D eigenvalue weighted by Crippen LogP contribution is 2.45. The molecule has 3 heterocycles. The summed E-state index contributed by atoms with van der Waals surface area (Å²) >= 11 is 0. The molecule has 0 aliphatic carbocycles. The molecule has 9 aromatic carbocycles. The number of hydrogen-bond acceptors (Lipinski definition) is 10. The largest absolute Gasteiger partial charge is 0.307 e. The zero-order chi connectivity index (χ0) is 55.2. The van der Waals surface area contributed by atoms with Crippen molar-refractivity contribution in [2.45, 2.75) is 0 Å². The number of pyridine rings is 1. The van der Waals surface area contributed by atoms with Gasteiger partial charge in [-0.2, -0.15) is 47.4 Å². The lowest BCUT2D eigenvalue weighted by atomic mass is 9.95. The Balaban J connectivity index is 1.21. The molecular weight excluding hydrogens is 985 g/mol. The van der Waals surface area contributed by atoms with Crippen molar-refractivity contribution in [3.8, 4) is 122 Å². The van der Waals surface area contributed by atoms with E-state index in [1.54, 1.807) is 85.2 Å². The zero-order valence-electron chi connectivity index (χ0n) is 41.7. The molecule has 0 fully saturated rings. The Morgan fingerprint density at radius 2 is 0.537 bits per heavy atom. The van der Waals surface area contributed by atoms with E-state index in [0.29, 0.717) is 112 Å². The maximum atomic E-state index is 11.2. The van der Waals surface area contributed by atoms with Crippen molar-refractivity contribution in [2.24, 2.45) is 0 Å². The minimum Gasteiger partial charge on any atom is -0.307 e. The van der Waals surface area contributed by atoms with Gasteiger partial charge in [0.1, 0.15) is 0 Å². The average Bonchev–Trinajstić information content (AvgIpc) is 4.15. The quantitative estimate of drug-likeness (QED) is 0.146. The standard InChI is InChI=1S/C68H30N12/c69-31-40-1-9-54(49(21-40)35-73)45-5-13-63-59(25-45)60-26-46(55-10-2-41(32-70)22-50(55)36-74)6-14-64(60)79(63)67-29-53(39-77)58(44-17-19-78-20-18-44)30-68(67)80-65-15-7-47(56-11-3-42(33-71)23-51(56)37-75)27-61(65)62-28-48(8-16-66(62)80)57-12-4-43(34-72)24-52(57)38-76/h1-30H. The third kappa shape index (κ3) is 7.82. The number of aromatic nitrogens is 3. The fourth-order valence-corrected chi connectivity index (χ4v) is 10.9. The van der Waals surface area contributed by atoms with E-state index in [2.05, 4.69) is 68.7 Å². The molecule has 12 heteroatoms. The first kappa shape index (κ1) is 48.1. The summed E-state index contributed by atoms with van der Waals surface area (Å²) in [5.74, 6) is 0. The summed E-state index contributed by atoms with van der Waals surface area (Å²) in [5.41, 5.74) is 14.0. The van der Waals surface area contributed by atoms with E-state index in [1.165, 1.54) is 0 Å². The van der Waals surface area contributed by atoms with E-state index >= 15 is 0 Å². The van der Waals surface area contributed by atoms with Crippen LogP contribution in [-0.2, 0) is 0 Å². The summed E-state index contributed by atoms with van der Waals surface area (Å²) in [6.07, 6.45) is 3.34. The van der Waals surface area contributed by atoms with Gasteiger partial charge in [-0.25, -0.2) is 0 Å². The number of hydrogen-bond donors (Lipinski definition) is 0. The zero-order valence-corrected chi connectivity index (χ0v) is 41.7. The van der Waals surface area contributed by atoms with Gasteiger partial charge >= 0.3 is 0 Å². The third-order valence-corrected chi connectivity index (χ3v) is 14.6. The molecule has 0 aliphatic heterocycles. The Labute approximate surface area is 456 Å². The Bertz CT molecular complexity index is 4860. The molecule has 0 radical (unpaired) electrons. The number of fused-ring (bicyclic) bond motifs is 6. The van der Waals surface area contributed by atoms with Crippen LogP contribution in [0.1, 0.15) is 50.1 Å². The molecule has 3 aromatic heterocycles. The van der Waals surface area contributed by atoms with Crippen molar-refractivity contribution < 1.29 is 0 Å². The van der Waals surface area contributed by atoms with E-state index in [1.807, 2.05) is 97.1 Å². The van der Waals surface area contributed by atoms with Crippen LogP contribution in [0.4, 0.5) is 0 Å². The fourth-order valence-electron chi connectivity index (χ4n) is 10.9. The molecule has 0 saturated carbocycles. The Kier molecular flexibility index (Phi) is 11.7. The molecule has 12 nitrogen and oxygen atoms in total. The van der Waals surface area contributed by atoms with Crippen molar-refractivity contribution in [1.29, 1.82) is 47.4 Å². The highest BCUT2D eigenvalue weighted by molar-refractivity contribution is 6.14. The molecule has 12 aromatic rings. The second-order valence-corrected chi connectivity index (χ2v) is 18.8. The van der Waals surface area contributed by atoms with Gasteiger partial charge in [0.2, 0.25) is 0 Å². The summed E-state index contributed by atoms with van der Waals surface area (Å²) in [5, 5.41) is 94.7. The van der Waals surface area contributed by atoms with E-state index in [4.69, 9.17) is 0 Å². The number of nitriles is 9. The number of benzene rings is 9. The summed E-state index contributed by atoms with van der Waals surface area (Å²) in [6, 6.07) is 71.3. The third-order valence-electron chi connectivity index (χ3n) is 14.6. The van der Waals surface area contributed by atoms with Crippen molar-refractivity contribution in [1.82, 2.24) is 14.1 Å². The highest BCUT2D eigenvalue weighted by Gasteiger charge is 2.25. The molecule has 80 heavy (non-hydrogen) atoms. The number of rotatable bonds is 7. The van der Waals surface area contributed by atoms with Crippen LogP contribution in [-0.4, -0.2) is 14.1 Å². The Hall–Kier alpha value is -12.9. The summed E-state index contributed by atoms with van der Waals surface area (Å²) in [7, 11) is 0. The van der Waals surface area contributed by atoms with Gasteiger partial charge in [0, 0.05) is 39.5 Å². The lowest BCUT2D eigenvalue weighted by Crippen LogP contribution is -2.05. The minimum atomic E-state index is 0.320. The summed E-state index contributed by atoms with van der Waals surface area (Å²) in [4.78, 5) is 4.29. The van der Waals surface area contributed by atoms with Crippen LogP contribution in [0.15, 0.2) is 182 Å². The van der Waals surface area contributed by atoms with E-state index in [9.17, 15) is 47.4 Å². The topological polar surface area (TPSA) is 237 Å². The Morgan fingerprint density at radius 1 is 0.250 bits per heavy atom. The van der Waals surface area contributed by atoms with Gasteiger partial charge in [-0.05, 0) is 171 Å². The van der Waals surface area contributed by atoms with Crippen molar-refractivity contribution in [2.75, 3.05) is 0 Å². The lowest BCUT2D eigenvalue weighted by Gasteiger charge is -2.20. The molecular formula is C68H30N12. The lowest BCUT2D eigenvalue weighted by molar-refractivity contribution is 1.09. The van der Waals surface area contributed by atoms with Crippen molar-refractivity contribution in [3.63, 3.8) is 0 Å². The van der Waals surface area contributed by atoms with Gasteiger partial charge in [-0.1, -0.05) is 48.5 Å². The highest BCUT2D eigenvalue weighted by atomic mass is 15.1. The van der Waals surface area contributed by atoms with Crippen molar-refractivity contribution in [3.05, 3.63) is 232 Å². The van der Waals surface area contributed by atoms with Gasteiger partial charge in [0.15, 0.2) is 0 Å². The molecule has 0 N–H and O–H groups in total. The normalized spacial score (nSPS) is 10.6. The van der Waals surface area contributed by atoms with E-state index in [-0.39, 0.29) is 0 Å². The molecule has 0 amide bonds. The van der Waals surface area contributed by atoms with E-state index < -0.39 is 0 Å². The number of nitrogens with zero attached hydrogens (tertiary/aromatic N) is 12. The molecule has 0 unspecified atom stereocenters. The average molecular weight is 1020 g/mol. The van der Waals surface area contributed by atoms with Crippen LogP contribution < -0.4 is 0 Å². The van der Waals surface area contributed by atoms with Crippen LogP contribution in [0.2, 0.25) is 0 Å². The molecule has 0 atom stereocenters. The predicted molar refractivity (Wildman–Crippen MR) is 303 cm³/mol. The molecule has 0 bridgehead atoms. The van der Waals surface area contributed by atoms with Crippen LogP contribution in [0, 0.1) is 102 Å². The first-order chi connectivity index (χ1) is 39.2. The smallest absolute Gasteiger partial charge is 0.0998 e. The maximum absolute atomic E-state index is 11.2. The Morgan fingerprint density at radius 3 is 0.825 bits per heavy atom. The summed E-state index contributed by atoms with van der Waals surface area (Å²) < 4.78 is 4.24. The predicted octanol–water partition coefficient (Wildman–Crippen LogP) is 14.5. The molecule has 0 spiro atoms. The second kappa shape index (κ2) is 19.4. The first-order valence-electron chi connectivity index (χ1n) is 24.7. The van der Waals surface area contributed by atoms with Gasteiger partial charge in [0.25, 0.3) is 0 Å². The molecule has 0 aliphatic rings. The molecule has 0 saturated heterocycles. The second-order valence-electron chi connectivity index (χ2n) is 18.8. The van der Waals surface area contributed by atoms with Gasteiger partial charge in [-0.15, -0.1) is 0 Å². The van der Waals surface area contributed by atoms with Crippen LogP contribution >= 0.6 is 0 Å². The van der Waals surface area contributed by atoms with Crippen LogP contribution in [0.3, 0.4) is 0 Å².